The van der Waals surface area contributed by atoms with Crippen molar-refractivity contribution in [2.24, 2.45) is 49.6 Å². The topological polar surface area (TPSA) is 34.6 Å². The van der Waals surface area contributed by atoms with E-state index in [-0.39, 0.29) is 0 Å². The van der Waals surface area contributed by atoms with Crippen LogP contribution in [0.3, 0.4) is 0 Å². The fraction of sp³-hybridized carbons (Fsp3) is 0.639. The molecular weight excluding hydrogens is 488 g/mol. The van der Waals surface area contributed by atoms with Crippen molar-refractivity contribution in [2.75, 3.05) is 0 Å². The largest absolute Gasteiger partial charge is 0.232 e. The normalized spacial score (nSPS) is 38.9. The van der Waals surface area contributed by atoms with Crippen LogP contribution in [0.1, 0.15) is 94.0 Å². The van der Waals surface area contributed by atoms with Crippen molar-refractivity contribution in [1.82, 2.24) is 14.6 Å². The van der Waals surface area contributed by atoms with Gasteiger partial charge < -0.3 is 0 Å². The molecule has 0 unspecified atom stereocenters. The van der Waals surface area contributed by atoms with Gasteiger partial charge >= 0.3 is 0 Å². The van der Waals surface area contributed by atoms with Crippen LogP contribution in [0.25, 0.3) is 22.6 Å². The summed E-state index contributed by atoms with van der Waals surface area (Å²) in [5.74, 6) is 6.56. The van der Waals surface area contributed by atoms with Crippen LogP contribution in [0.15, 0.2) is 36.5 Å². The Morgan fingerprint density at radius 1 is 0.700 bits per heavy atom. The van der Waals surface area contributed by atoms with E-state index in [2.05, 4.69) is 66.9 Å². The molecular formula is C36H45N4+. The smallest absolute Gasteiger partial charge is 0.196 e. The number of hydrogen-bond donors (Lipinski definition) is 0. The Balaban J connectivity index is 1.21. The van der Waals surface area contributed by atoms with Gasteiger partial charge in [-0.3, -0.25) is 0 Å². The molecule has 0 amide bonds. The summed E-state index contributed by atoms with van der Waals surface area (Å²) in [6, 6.07) is 11.8. The van der Waals surface area contributed by atoms with E-state index in [4.69, 9.17) is 9.97 Å². The SMILES string of the molecule is Cc1ccc(-c2nc(C34CC5CC(CC(C5)C3)C4)cc(C34CC5CC(CC(C5)C3)C4)n2)cc1-c1cc[n+](C)n1C. The summed E-state index contributed by atoms with van der Waals surface area (Å²) in [6.45, 7) is 2.24. The molecule has 0 spiro atoms. The van der Waals surface area contributed by atoms with E-state index in [1.54, 1.807) is 0 Å². The molecule has 0 radical (unpaired) electrons. The molecule has 11 rings (SSSR count). The molecule has 2 aromatic heterocycles. The number of nitrogens with zero attached hydrogens (tertiary/aromatic N) is 4. The first kappa shape index (κ1) is 24.1. The average Bonchev–Trinajstić information content (AvgIpc) is 3.25. The number of aryl methyl sites for hydroxylation is 2. The highest BCUT2D eigenvalue weighted by atomic mass is 15.4. The Hall–Kier alpha value is -2.49. The molecule has 208 valence electrons. The second-order valence-corrected chi connectivity index (χ2v) is 15.7. The summed E-state index contributed by atoms with van der Waals surface area (Å²) in [6.07, 6.45) is 19.3. The number of benzene rings is 1. The summed E-state index contributed by atoms with van der Waals surface area (Å²) in [4.78, 5) is 11.2. The Morgan fingerprint density at radius 2 is 1.18 bits per heavy atom. The third-order valence-electron chi connectivity index (χ3n) is 12.9. The van der Waals surface area contributed by atoms with Gasteiger partial charge in [-0.05, 0) is 137 Å². The van der Waals surface area contributed by atoms with Crippen molar-refractivity contribution in [3.05, 3.63) is 53.5 Å². The van der Waals surface area contributed by atoms with Gasteiger partial charge in [0.2, 0.25) is 0 Å². The maximum atomic E-state index is 5.59. The zero-order valence-electron chi connectivity index (χ0n) is 24.7. The van der Waals surface area contributed by atoms with E-state index in [1.807, 2.05) is 0 Å². The van der Waals surface area contributed by atoms with Gasteiger partial charge in [-0.2, -0.15) is 4.68 Å². The Kier molecular flexibility index (Phi) is 5.00. The molecule has 0 N–H and O–H groups in total. The van der Waals surface area contributed by atoms with Crippen molar-refractivity contribution >= 4 is 0 Å². The van der Waals surface area contributed by atoms with Gasteiger partial charge in [0.15, 0.2) is 19.1 Å². The lowest BCUT2D eigenvalue weighted by molar-refractivity contribution is -0.750. The summed E-state index contributed by atoms with van der Waals surface area (Å²) in [7, 11) is 4.26. The van der Waals surface area contributed by atoms with Crippen LogP contribution in [-0.4, -0.2) is 14.6 Å². The minimum absolute atomic E-state index is 0.295. The van der Waals surface area contributed by atoms with Gasteiger partial charge in [0.1, 0.15) is 5.69 Å². The highest BCUT2D eigenvalue weighted by molar-refractivity contribution is 5.71. The first-order chi connectivity index (χ1) is 19.3. The van der Waals surface area contributed by atoms with E-state index in [0.717, 1.165) is 41.3 Å². The van der Waals surface area contributed by atoms with Gasteiger partial charge in [-0.1, -0.05) is 12.1 Å². The van der Waals surface area contributed by atoms with Gasteiger partial charge in [-0.25, -0.2) is 9.97 Å². The molecule has 8 bridgehead atoms. The van der Waals surface area contributed by atoms with E-state index >= 15 is 0 Å². The Bertz CT molecular complexity index is 1380. The van der Waals surface area contributed by atoms with E-state index in [1.165, 1.54) is 111 Å². The molecule has 1 aromatic carbocycles. The molecule has 0 saturated heterocycles. The zero-order chi connectivity index (χ0) is 26.8. The lowest BCUT2D eigenvalue weighted by atomic mass is 9.47. The first-order valence-corrected chi connectivity index (χ1v) is 16.4. The van der Waals surface area contributed by atoms with Crippen molar-refractivity contribution < 1.29 is 4.68 Å². The van der Waals surface area contributed by atoms with Gasteiger partial charge in [0.05, 0.1) is 18.4 Å². The third-order valence-corrected chi connectivity index (χ3v) is 12.9. The van der Waals surface area contributed by atoms with Crippen LogP contribution < -0.4 is 4.68 Å². The molecule has 0 atom stereocenters. The number of rotatable bonds is 4. The molecule has 8 fully saturated rings. The standard InChI is InChI=1S/C36H45N4/c1-22-4-5-29(14-30(22)31-6-7-39(2)40(31)3)34-37-32(35-16-23-8-24(17-35)10-25(9-23)18-35)15-33(38-34)36-19-26-11-27(20-36)13-28(12-26)21-36/h4-7,14-15,23-28H,8-13,16-21H2,1-3H3/q+1. The zero-order valence-corrected chi connectivity index (χ0v) is 24.7. The molecule has 8 saturated carbocycles. The van der Waals surface area contributed by atoms with Crippen molar-refractivity contribution in [2.45, 2.75) is 94.8 Å². The average molecular weight is 534 g/mol. The van der Waals surface area contributed by atoms with Gasteiger partial charge in [0, 0.05) is 28.0 Å². The van der Waals surface area contributed by atoms with Crippen LogP contribution in [-0.2, 0) is 24.9 Å². The molecule has 2 heterocycles. The monoisotopic (exact) mass is 533 g/mol. The molecule has 40 heavy (non-hydrogen) atoms. The third kappa shape index (κ3) is 3.53. The van der Waals surface area contributed by atoms with Crippen LogP contribution in [0, 0.1) is 42.4 Å². The Labute approximate surface area is 239 Å². The van der Waals surface area contributed by atoms with Crippen LogP contribution >= 0.6 is 0 Å². The highest BCUT2D eigenvalue weighted by Crippen LogP contribution is 2.63. The van der Waals surface area contributed by atoms with Crippen molar-refractivity contribution in [1.29, 1.82) is 0 Å². The van der Waals surface area contributed by atoms with E-state index < -0.39 is 0 Å². The summed E-state index contributed by atoms with van der Waals surface area (Å²) in [5, 5.41) is 0. The second kappa shape index (κ2) is 8.29. The highest BCUT2D eigenvalue weighted by Gasteiger charge is 2.55. The van der Waals surface area contributed by atoms with Gasteiger partial charge in [0.25, 0.3) is 0 Å². The minimum atomic E-state index is 0.295. The maximum Gasteiger partial charge on any atom is 0.196 e. The summed E-state index contributed by atoms with van der Waals surface area (Å²) >= 11 is 0. The molecule has 8 aliphatic rings. The fourth-order valence-electron chi connectivity index (χ4n) is 11.8. The number of hydrogen-bond acceptors (Lipinski definition) is 2. The van der Waals surface area contributed by atoms with Crippen molar-refractivity contribution in [3.63, 3.8) is 0 Å². The molecule has 4 heteroatoms. The predicted molar refractivity (Wildman–Crippen MR) is 157 cm³/mol. The minimum Gasteiger partial charge on any atom is -0.232 e. The molecule has 8 aliphatic carbocycles. The maximum absolute atomic E-state index is 5.59. The van der Waals surface area contributed by atoms with E-state index in [9.17, 15) is 0 Å². The predicted octanol–water partition coefficient (Wildman–Crippen LogP) is 7.22. The first-order valence-electron chi connectivity index (χ1n) is 16.4. The molecule has 0 aliphatic heterocycles. The lowest BCUT2D eigenvalue weighted by Crippen LogP contribution is -2.50. The summed E-state index contributed by atoms with van der Waals surface area (Å²) in [5.41, 5.74) is 8.49. The van der Waals surface area contributed by atoms with Crippen LogP contribution in [0.5, 0.6) is 0 Å². The fourth-order valence-corrected chi connectivity index (χ4v) is 11.8. The van der Waals surface area contributed by atoms with Crippen LogP contribution in [0.2, 0.25) is 0 Å². The molecule has 4 nitrogen and oxygen atoms in total. The van der Waals surface area contributed by atoms with Crippen LogP contribution in [0.4, 0.5) is 0 Å². The lowest BCUT2D eigenvalue weighted by Gasteiger charge is -2.58. The van der Waals surface area contributed by atoms with Crippen molar-refractivity contribution in [3.8, 4) is 22.6 Å². The number of aromatic nitrogens is 4. The summed E-state index contributed by atoms with van der Waals surface area (Å²) < 4.78 is 4.39. The van der Waals surface area contributed by atoms with Gasteiger partial charge in [-0.15, -0.1) is 4.68 Å². The molecule has 3 aromatic rings. The van der Waals surface area contributed by atoms with E-state index in [0.29, 0.717) is 10.8 Å². The second-order valence-electron chi connectivity index (χ2n) is 15.7. The quantitative estimate of drug-likeness (QED) is 0.332. The Morgan fingerprint density at radius 3 is 1.60 bits per heavy atom.